The third-order valence-electron chi connectivity index (χ3n) is 2.57. The molecule has 19 heavy (non-hydrogen) atoms. The normalized spacial score (nSPS) is 10.3. The van der Waals surface area contributed by atoms with Crippen LogP contribution in [0.3, 0.4) is 0 Å². The highest BCUT2D eigenvalue weighted by atomic mass is 79.9. The van der Waals surface area contributed by atoms with Crippen molar-refractivity contribution in [3.05, 3.63) is 57.8 Å². The van der Waals surface area contributed by atoms with Gasteiger partial charge in [0.1, 0.15) is 22.3 Å². The first kappa shape index (κ1) is 14.0. The van der Waals surface area contributed by atoms with Gasteiger partial charge in [-0.2, -0.15) is 0 Å². The van der Waals surface area contributed by atoms with Gasteiger partial charge < -0.3 is 10.5 Å². The maximum atomic E-state index is 13.0. The molecule has 0 aromatic heterocycles. The summed E-state index contributed by atoms with van der Waals surface area (Å²) in [5.74, 6) is 0.938. The van der Waals surface area contributed by atoms with Crippen LogP contribution in [0.15, 0.2) is 40.9 Å². The second kappa shape index (κ2) is 5.67. The van der Waals surface area contributed by atoms with Gasteiger partial charge in [0, 0.05) is 5.56 Å². The molecular weight excluding hydrogens is 329 g/mol. The molecule has 2 aromatic carbocycles. The third kappa shape index (κ3) is 3.30. The number of halogens is 2. The maximum Gasteiger partial charge on any atom is 0.141 e. The third-order valence-corrected chi connectivity index (χ3v) is 3.43. The van der Waals surface area contributed by atoms with Crippen molar-refractivity contribution in [1.82, 2.24) is 0 Å². The Kier molecular flexibility index (Phi) is 4.17. The molecule has 0 saturated heterocycles. The topological polar surface area (TPSA) is 35.2 Å². The van der Waals surface area contributed by atoms with Gasteiger partial charge in [0.05, 0.1) is 4.47 Å². The highest BCUT2D eigenvalue weighted by molar-refractivity contribution is 9.10. The first-order valence-corrected chi connectivity index (χ1v) is 6.71. The lowest BCUT2D eigenvalue weighted by atomic mass is 10.2. The molecule has 2 nitrogen and oxygen atoms in total. The Bertz CT molecular complexity index is 645. The van der Waals surface area contributed by atoms with E-state index in [1.165, 1.54) is 12.1 Å². The summed E-state index contributed by atoms with van der Waals surface area (Å²) in [6.07, 6.45) is 0. The van der Waals surface area contributed by atoms with Crippen LogP contribution in [-0.4, -0.2) is 4.99 Å². The minimum atomic E-state index is -0.284. The van der Waals surface area contributed by atoms with Gasteiger partial charge in [-0.15, -0.1) is 0 Å². The zero-order chi connectivity index (χ0) is 14.0. The predicted octanol–water partition coefficient (Wildman–Crippen LogP) is 4.32. The van der Waals surface area contributed by atoms with Crippen LogP contribution in [0.5, 0.6) is 11.5 Å². The van der Waals surface area contributed by atoms with Crippen molar-refractivity contribution in [2.75, 3.05) is 0 Å². The van der Waals surface area contributed by atoms with Crippen LogP contribution in [-0.2, 0) is 0 Å². The Morgan fingerprint density at radius 2 is 1.89 bits per heavy atom. The lowest BCUT2D eigenvalue weighted by Gasteiger charge is -2.11. The van der Waals surface area contributed by atoms with E-state index in [-0.39, 0.29) is 5.82 Å². The van der Waals surface area contributed by atoms with Crippen LogP contribution in [0.2, 0.25) is 0 Å². The molecule has 2 N–H and O–H groups in total. The van der Waals surface area contributed by atoms with Crippen LogP contribution in [0.1, 0.15) is 11.1 Å². The number of rotatable bonds is 3. The largest absolute Gasteiger partial charge is 0.456 e. The standard InChI is InChI=1S/C14H11BrFNOS/c1-8-6-10(16)3-5-12(8)18-13-4-2-9(14(17)19)7-11(13)15/h2-7H,1H3,(H2,17,19). The van der Waals surface area contributed by atoms with Crippen LogP contribution < -0.4 is 10.5 Å². The maximum absolute atomic E-state index is 13.0. The molecule has 0 bridgehead atoms. The lowest BCUT2D eigenvalue weighted by molar-refractivity contribution is 0.473. The molecule has 0 aliphatic rings. The highest BCUT2D eigenvalue weighted by Crippen LogP contribution is 2.32. The average Bonchev–Trinajstić information content (AvgIpc) is 2.34. The Labute approximate surface area is 124 Å². The summed E-state index contributed by atoms with van der Waals surface area (Å²) >= 11 is 8.30. The quantitative estimate of drug-likeness (QED) is 0.845. The average molecular weight is 340 g/mol. The van der Waals surface area contributed by atoms with E-state index in [2.05, 4.69) is 15.9 Å². The molecule has 0 fully saturated rings. The van der Waals surface area contributed by atoms with E-state index in [4.69, 9.17) is 22.7 Å². The fraction of sp³-hybridized carbons (Fsp3) is 0.0714. The number of aryl methyl sites for hydroxylation is 1. The van der Waals surface area contributed by atoms with Gasteiger partial charge in [0.25, 0.3) is 0 Å². The number of hydrogen-bond acceptors (Lipinski definition) is 2. The minimum Gasteiger partial charge on any atom is -0.456 e. The molecule has 2 aromatic rings. The number of nitrogens with two attached hydrogens (primary N) is 1. The van der Waals surface area contributed by atoms with Crippen LogP contribution in [0, 0.1) is 12.7 Å². The fourth-order valence-electron chi connectivity index (χ4n) is 1.58. The van der Waals surface area contributed by atoms with Crippen molar-refractivity contribution in [3.63, 3.8) is 0 Å². The number of hydrogen-bond donors (Lipinski definition) is 1. The van der Waals surface area contributed by atoms with Crippen molar-refractivity contribution >= 4 is 33.1 Å². The molecular formula is C14H11BrFNOS. The lowest BCUT2D eigenvalue weighted by Crippen LogP contribution is -2.09. The van der Waals surface area contributed by atoms with Gasteiger partial charge in [0.2, 0.25) is 0 Å². The van der Waals surface area contributed by atoms with E-state index in [0.717, 1.165) is 15.6 Å². The van der Waals surface area contributed by atoms with Gasteiger partial charge in [-0.1, -0.05) is 12.2 Å². The molecule has 2 rings (SSSR count). The summed E-state index contributed by atoms with van der Waals surface area (Å²) in [5.41, 5.74) is 7.04. The number of thiocarbonyl (C=S) groups is 1. The first-order chi connectivity index (χ1) is 8.97. The van der Waals surface area contributed by atoms with E-state index in [1.807, 2.05) is 0 Å². The summed E-state index contributed by atoms with van der Waals surface area (Å²) < 4.78 is 19.5. The predicted molar refractivity (Wildman–Crippen MR) is 81.2 cm³/mol. The second-order valence-corrected chi connectivity index (χ2v) is 5.32. The Balaban J connectivity index is 2.31. The molecule has 5 heteroatoms. The van der Waals surface area contributed by atoms with Gasteiger partial charge in [-0.25, -0.2) is 4.39 Å². The van der Waals surface area contributed by atoms with E-state index in [0.29, 0.717) is 16.5 Å². The fourth-order valence-corrected chi connectivity index (χ4v) is 2.17. The first-order valence-electron chi connectivity index (χ1n) is 5.51. The second-order valence-electron chi connectivity index (χ2n) is 4.02. The van der Waals surface area contributed by atoms with E-state index in [1.54, 1.807) is 31.2 Å². The van der Waals surface area contributed by atoms with E-state index >= 15 is 0 Å². The highest BCUT2D eigenvalue weighted by Gasteiger charge is 2.08. The van der Waals surface area contributed by atoms with Crippen molar-refractivity contribution in [2.24, 2.45) is 5.73 Å². The van der Waals surface area contributed by atoms with Crippen LogP contribution >= 0.6 is 28.1 Å². The van der Waals surface area contributed by atoms with Crippen molar-refractivity contribution in [2.45, 2.75) is 6.92 Å². The Morgan fingerprint density at radius 3 is 2.47 bits per heavy atom. The van der Waals surface area contributed by atoms with Crippen LogP contribution in [0.4, 0.5) is 4.39 Å². The van der Waals surface area contributed by atoms with Crippen molar-refractivity contribution in [3.8, 4) is 11.5 Å². The Morgan fingerprint density at radius 1 is 1.21 bits per heavy atom. The Hall–Kier alpha value is -1.46. The van der Waals surface area contributed by atoms with Gasteiger partial charge in [-0.3, -0.25) is 0 Å². The molecule has 0 atom stereocenters. The van der Waals surface area contributed by atoms with Crippen molar-refractivity contribution in [1.29, 1.82) is 0 Å². The van der Waals surface area contributed by atoms with Crippen molar-refractivity contribution < 1.29 is 9.13 Å². The number of benzene rings is 2. The molecule has 0 aliphatic carbocycles. The van der Waals surface area contributed by atoms with Gasteiger partial charge in [0.15, 0.2) is 0 Å². The summed E-state index contributed by atoms with van der Waals surface area (Å²) in [4.78, 5) is 0.324. The van der Waals surface area contributed by atoms with Gasteiger partial charge >= 0.3 is 0 Å². The van der Waals surface area contributed by atoms with Crippen LogP contribution in [0.25, 0.3) is 0 Å². The minimum absolute atomic E-state index is 0.284. The van der Waals surface area contributed by atoms with Gasteiger partial charge in [-0.05, 0) is 64.8 Å². The molecule has 0 unspecified atom stereocenters. The summed E-state index contributed by atoms with van der Waals surface area (Å²) in [5, 5.41) is 0. The van der Waals surface area contributed by atoms with E-state index in [9.17, 15) is 4.39 Å². The SMILES string of the molecule is Cc1cc(F)ccc1Oc1ccc(C(N)=S)cc1Br. The summed E-state index contributed by atoms with van der Waals surface area (Å²) in [6, 6.07) is 9.71. The number of ether oxygens (including phenoxy) is 1. The molecule has 0 radical (unpaired) electrons. The molecule has 0 aliphatic heterocycles. The molecule has 98 valence electrons. The molecule has 0 saturated carbocycles. The molecule has 0 heterocycles. The van der Waals surface area contributed by atoms with E-state index < -0.39 is 0 Å². The summed E-state index contributed by atoms with van der Waals surface area (Å²) in [6.45, 7) is 1.79. The summed E-state index contributed by atoms with van der Waals surface area (Å²) in [7, 11) is 0. The zero-order valence-corrected chi connectivity index (χ0v) is 12.5. The molecule has 0 spiro atoms. The smallest absolute Gasteiger partial charge is 0.141 e. The molecule has 0 amide bonds. The monoisotopic (exact) mass is 339 g/mol. The zero-order valence-electron chi connectivity index (χ0n) is 10.1.